The lowest BCUT2D eigenvalue weighted by Crippen LogP contribution is -2.34. The standard InChI is InChI=1S/C14H26N2O/c1-10(2)12-6-7-16(9-12)14(17)8-11-4-3-5-13(11)15/h10-13H,3-9,15H2,1-2H3/t11-,12?,13+/m0/s1. The number of nitrogens with zero attached hydrogens (tertiary/aromatic N) is 1. The molecular weight excluding hydrogens is 212 g/mol. The predicted octanol–water partition coefficient (Wildman–Crippen LogP) is 2.01. The number of amides is 1. The van der Waals surface area contributed by atoms with Crippen LogP contribution in [0.15, 0.2) is 0 Å². The van der Waals surface area contributed by atoms with E-state index in [1.807, 2.05) is 0 Å². The Bertz CT molecular complexity index is 277. The van der Waals surface area contributed by atoms with Crippen LogP contribution in [0.3, 0.4) is 0 Å². The van der Waals surface area contributed by atoms with Crippen molar-refractivity contribution in [3.05, 3.63) is 0 Å². The van der Waals surface area contributed by atoms with Gasteiger partial charge < -0.3 is 10.6 Å². The minimum Gasteiger partial charge on any atom is -0.342 e. The average Bonchev–Trinajstić information content (AvgIpc) is 2.88. The maximum Gasteiger partial charge on any atom is 0.222 e. The molecule has 1 aliphatic carbocycles. The van der Waals surface area contributed by atoms with E-state index in [1.54, 1.807) is 0 Å². The Morgan fingerprint density at radius 3 is 2.65 bits per heavy atom. The van der Waals surface area contributed by atoms with Crippen molar-refractivity contribution in [3.8, 4) is 0 Å². The molecule has 2 aliphatic rings. The molecule has 1 amide bonds. The Balaban J connectivity index is 1.81. The molecule has 2 fully saturated rings. The van der Waals surface area contributed by atoms with E-state index in [-0.39, 0.29) is 6.04 Å². The summed E-state index contributed by atoms with van der Waals surface area (Å²) in [6.07, 6.45) is 5.32. The normalized spacial score (nSPS) is 33.6. The number of nitrogens with two attached hydrogens (primary N) is 1. The first-order chi connectivity index (χ1) is 8.08. The van der Waals surface area contributed by atoms with E-state index < -0.39 is 0 Å². The number of likely N-dealkylation sites (tertiary alicyclic amines) is 1. The Morgan fingerprint density at radius 1 is 1.35 bits per heavy atom. The van der Waals surface area contributed by atoms with Crippen LogP contribution in [-0.2, 0) is 4.79 Å². The van der Waals surface area contributed by atoms with Crippen molar-refractivity contribution < 1.29 is 4.79 Å². The highest BCUT2D eigenvalue weighted by molar-refractivity contribution is 5.76. The van der Waals surface area contributed by atoms with Gasteiger partial charge in [0.2, 0.25) is 5.91 Å². The molecule has 1 saturated heterocycles. The molecule has 2 N–H and O–H groups in total. The van der Waals surface area contributed by atoms with Crippen LogP contribution >= 0.6 is 0 Å². The van der Waals surface area contributed by atoms with Crippen LogP contribution in [0.2, 0.25) is 0 Å². The lowest BCUT2D eigenvalue weighted by molar-refractivity contribution is -0.131. The molecule has 0 aromatic heterocycles. The zero-order valence-electron chi connectivity index (χ0n) is 11.2. The van der Waals surface area contributed by atoms with Crippen molar-refractivity contribution in [1.29, 1.82) is 0 Å². The van der Waals surface area contributed by atoms with Gasteiger partial charge in [-0.05, 0) is 37.0 Å². The molecule has 1 unspecified atom stereocenters. The second-order valence-electron chi connectivity index (χ2n) is 6.19. The van der Waals surface area contributed by atoms with Gasteiger partial charge in [0.1, 0.15) is 0 Å². The lowest BCUT2D eigenvalue weighted by Gasteiger charge is -2.21. The highest BCUT2D eigenvalue weighted by atomic mass is 16.2. The van der Waals surface area contributed by atoms with Gasteiger partial charge >= 0.3 is 0 Å². The van der Waals surface area contributed by atoms with Gasteiger partial charge in [-0.25, -0.2) is 0 Å². The van der Waals surface area contributed by atoms with Crippen molar-refractivity contribution in [3.63, 3.8) is 0 Å². The lowest BCUT2D eigenvalue weighted by atomic mass is 9.95. The van der Waals surface area contributed by atoms with Crippen LogP contribution in [0.1, 0.15) is 46.0 Å². The number of carbonyl (C=O) groups excluding carboxylic acids is 1. The first-order valence-electron chi connectivity index (χ1n) is 7.11. The van der Waals surface area contributed by atoms with Gasteiger partial charge in [-0.3, -0.25) is 4.79 Å². The molecule has 98 valence electrons. The number of hydrogen-bond acceptors (Lipinski definition) is 2. The van der Waals surface area contributed by atoms with Crippen molar-refractivity contribution in [2.45, 2.75) is 52.0 Å². The molecule has 2 rings (SSSR count). The first-order valence-corrected chi connectivity index (χ1v) is 7.11. The first kappa shape index (κ1) is 12.9. The van der Waals surface area contributed by atoms with Crippen LogP contribution in [-0.4, -0.2) is 29.9 Å². The maximum atomic E-state index is 12.2. The monoisotopic (exact) mass is 238 g/mol. The zero-order chi connectivity index (χ0) is 12.4. The van der Waals surface area contributed by atoms with E-state index >= 15 is 0 Å². The fourth-order valence-corrected chi connectivity index (χ4v) is 3.23. The third kappa shape index (κ3) is 3.01. The third-order valence-corrected chi connectivity index (χ3v) is 4.67. The summed E-state index contributed by atoms with van der Waals surface area (Å²) in [5.41, 5.74) is 6.03. The smallest absolute Gasteiger partial charge is 0.222 e. The topological polar surface area (TPSA) is 46.3 Å². The number of rotatable bonds is 3. The van der Waals surface area contributed by atoms with E-state index in [4.69, 9.17) is 5.73 Å². The molecule has 17 heavy (non-hydrogen) atoms. The van der Waals surface area contributed by atoms with E-state index in [0.717, 1.165) is 25.9 Å². The van der Waals surface area contributed by atoms with Crippen molar-refractivity contribution in [2.75, 3.05) is 13.1 Å². The molecule has 1 saturated carbocycles. The highest BCUT2D eigenvalue weighted by Crippen LogP contribution is 2.29. The van der Waals surface area contributed by atoms with E-state index in [9.17, 15) is 4.79 Å². The number of hydrogen-bond donors (Lipinski definition) is 1. The summed E-state index contributed by atoms with van der Waals surface area (Å²) >= 11 is 0. The Hall–Kier alpha value is -0.570. The summed E-state index contributed by atoms with van der Waals surface area (Å²) in [5, 5.41) is 0. The molecule has 1 heterocycles. The summed E-state index contributed by atoms with van der Waals surface area (Å²) < 4.78 is 0. The Kier molecular flexibility index (Phi) is 4.08. The Morgan fingerprint density at radius 2 is 2.12 bits per heavy atom. The zero-order valence-corrected chi connectivity index (χ0v) is 11.2. The van der Waals surface area contributed by atoms with E-state index in [0.29, 0.717) is 30.1 Å². The van der Waals surface area contributed by atoms with Crippen LogP contribution < -0.4 is 5.73 Å². The molecule has 0 aromatic carbocycles. The minimum absolute atomic E-state index is 0.266. The fraction of sp³-hybridized carbons (Fsp3) is 0.929. The molecule has 0 radical (unpaired) electrons. The largest absolute Gasteiger partial charge is 0.342 e. The minimum atomic E-state index is 0.266. The second-order valence-corrected chi connectivity index (χ2v) is 6.19. The van der Waals surface area contributed by atoms with E-state index in [1.165, 1.54) is 12.8 Å². The second kappa shape index (κ2) is 5.38. The van der Waals surface area contributed by atoms with Gasteiger partial charge in [0.15, 0.2) is 0 Å². The van der Waals surface area contributed by atoms with E-state index in [2.05, 4.69) is 18.7 Å². The fourth-order valence-electron chi connectivity index (χ4n) is 3.23. The van der Waals surface area contributed by atoms with Gasteiger partial charge in [-0.15, -0.1) is 0 Å². The van der Waals surface area contributed by atoms with Crippen molar-refractivity contribution in [1.82, 2.24) is 4.90 Å². The van der Waals surface area contributed by atoms with Crippen LogP contribution in [0.25, 0.3) is 0 Å². The summed E-state index contributed by atoms with van der Waals surface area (Å²) in [5.74, 6) is 2.19. The predicted molar refractivity (Wildman–Crippen MR) is 69.5 cm³/mol. The molecular formula is C14H26N2O. The van der Waals surface area contributed by atoms with Gasteiger partial charge in [0.25, 0.3) is 0 Å². The van der Waals surface area contributed by atoms with Gasteiger partial charge in [0, 0.05) is 25.6 Å². The van der Waals surface area contributed by atoms with Crippen molar-refractivity contribution in [2.24, 2.45) is 23.5 Å². The van der Waals surface area contributed by atoms with Crippen LogP contribution in [0.4, 0.5) is 0 Å². The molecule has 3 atom stereocenters. The highest BCUT2D eigenvalue weighted by Gasteiger charge is 2.31. The van der Waals surface area contributed by atoms with Crippen LogP contribution in [0, 0.1) is 17.8 Å². The molecule has 3 nitrogen and oxygen atoms in total. The summed E-state index contributed by atoms with van der Waals surface area (Å²) in [4.78, 5) is 14.3. The van der Waals surface area contributed by atoms with Crippen molar-refractivity contribution >= 4 is 5.91 Å². The Labute approximate surface area is 105 Å². The average molecular weight is 238 g/mol. The third-order valence-electron chi connectivity index (χ3n) is 4.67. The SMILES string of the molecule is CC(C)C1CCN(C(=O)C[C@@H]2CCC[C@H]2N)C1. The summed E-state index contributed by atoms with van der Waals surface area (Å²) in [6.45, 7) is 6.44. The number of carbonyl (C=O) groups is 1. The molecule has 1 aliphatic heterocycles. The summed E-state index contributed by atoms with van der Waals surface area (Å²) in [7, 11) is 0. The van der Waals surface area contributed by atoms with Gasteiger partial charge in [0.05, 0.1) is 0 Å². The molecule has 0 spiro atoms. The summed E-state index contributed by atoms with van der Waals surface area (Å²) in [6, 6.07) is 0.266. The molecule has 0 bridgehead atoms. The molecule has 3 heteroatoms. The van der Waals surface area contributed by atoms with Crippen LogP contribution in [0.5, 0.6) is 0 Å². The molecule has 0 aromatic rings. The quantitative estimate of drug-likeness (QED) is 0.817. The maximum absolute atomic E-state index is 12.2. The van der Waals surface area contributed by atoms with Gasteiger partial charge in [-0.2, -0.15) is 0 Å². The van der Waals surface area contributed by atoms with Gasteiger partial charge in [-0.1, -0.05) is 20.3 Å².